The number of carbonyl (C=O) groups excluding carboxylic acids is 2. The van der Waals surface area contributed by atoms with E-state index in [1.807, 2.05) is 37.3 Å². The van der Waals surface area contributed by atoms with Gasteiger partial charge in [0.1, 0.15) is 12.9 Å². The number of likely N-dealkylation sites (tertiary alicyclic amines) is 1. The van der Waals surface area contributed by atoms with Crippen molar-refractivity contribution >= 4 is 12.4 Å². The summed E-state index contributed by atoms with van der Waals surface area (Å²) in [5.41, 5.74) is 0.920. The highest BCUT2D eigenvalue weighted by Gasteiger charge is 2.36. The second kappa shape index (κ2) is 7.05. The minimum absolute atomic E-state index is 0.0838. The molecule has 0 bridgehead atoms. The van der Waals surface area contributed by atoms with Crippen LogP contribution in [0, 0.1) is 0 Å². The first-order valence-corrected chi connectivity index (χ1v) is 6.78. The molecule has 2 atom stereocenters. The van der Waals surface area contributed by atoms with E-state index < -0.39 is 12.1 Å². The highest BCUT2D eigenvalue weighted by Crippen LogP contribution is 2.20. The summed E-state index contributed by atoms with van der Waals surface area (Å²) in [6.45, 7) is 3.08. The van der Waals surface area contributed by atoms with Crippen LogP contribution in [-0.4, -0.2) is 42.6 Å². The first-order chi connectivity index (χ1) is 9.74. The van der Waals surface area contributed by atoms with Crippen molar-refractivity contribution in [1.29, 1.82) is 0 Å². The molecular formula is C15H19NO4. The van der Waals surface area contributed by atoms with E-state index >= 15 is 0 Å². The number of carbonyl (C=O) groups is 2. The molecule has 0 radical (unpaired) electrons. The topological polar surface area (TPSA) is 55.8 Å². The molecule has 0 aliphatic carbocycles. The molecule has 1 saturated heterocycles. The van der Waals surface area contributed by atoms with E-state index in [2.05, 4.69) is 0 Å². The maximum Gasteiger partial charge on any atom is 0.410 e. The average molecular weight is 277 g/mol. The fourth-order valence-electron chi connectivity index (χ4n) is 2.32. The zero-order valence-electron chi connectivity index (χ0n) is 11.5. The van der Waals surface area contributed by atoms with Crippen molar-refractivity contribution in [2.45, 2.75) is 32.1 Å². The van der Waals surface area contributed by atoms with Crippen molar-refractivity contribution in [2.75, 3.05) is 13.2 Å². The van der Waals surface area contributed by atoms with Gasteiger partial charge in [0, 0.05) is 13.0 Å². The molecule has 1 aliphatic rings. The van der Waals surface area contributed by atoms with Crippen LogP contribution < -0.4 is 0 Å². The number of ether oxygens (including phenoxy) is 2. The maximum atomic E-state index is 12.0. The highest BCUT2D eigenvalue weighted by molar-refractivity contribution is 5.74. The van der Waals surface area contributed by atoms with E-state index in [-0.39, 0.29) is 12.7 Å². The van der Waals surface area contributed by atoms with Crippen LogP contribution in [0.4, 0.5) is 4.79 Å². The van der Waals surface area contributed by atoms with Crippen molar-refractivity contribution in [3.8, 4) is 0 Å². The van der Waals surface area contributed by atoms with Gasteiger partial charge in [0.15, 0.2) is 0 Å². The first kappa shape index (κ1) is 14.5. The molecule has 1 aromatic rings. The number of benzene rings is 1. The van der Waals surface area contributed by atoms with Gasteiger partial charge in [-0.2, -0.15) is 0 Å². The molecule has 0 N–H and O–H groups in total. The van der Waals surface area contributed by atoms with Crippen LogP contribution in [0.1, 0.15) is 18.9 Å². The Hall–Kier alpha value is -1.88. The Morgan fingerprint density at radius 1 is 1.40 bits per heavy atom. The van der Waals surface area contributed by atoms with Crippen molar-refractivity contribution in [3.63, 3.8) is 0 Å². The summed E-state index contributed by atoms with van der Waals surface area (Å²) in [7, 11) is 0. The van der Waals surface area contributed by atoms with Gasteiger partial charge in [-0.15, -0.1) is 0 Å². The van der Waals surface area contributed by atoms with Crippen LogP contribution in [0.5, 0.6) is 0 Å². The standard InChI is InChI=1S/C15H19NO4/c1-2-19-14-8-13(10-17)16(9-14)15(18)20-11-12-6-4-3-5-7-12/h3-7,10,13-14H,2,8-9,11H2,1H3. The number of hydrogen-bond acceptors (Lipinski definition) is 4. The predicted molar refractivity (Wildman–Crippen MR) is 73.2 cm³/mol. The summed E-state index contributed by atoms with van der Waals surface area (Å²) >= 11 is 0. The third-order valence-corrected chi connectivity index (χ3v) is 3.30. The Labute approximate surface area is 118 Å². The van der Waals surface area contributed by atoms with Gasteiger partial charge in [0.25, 0.3) is 0 Å². The highest BCUT2D eigenvalue weighted by atomic mass is 16.6. The zero-order valence-corrected chi connectivity index (χ0v) is 11.5. The van der Waals surface area contributed by atoms with Crippen LogP contribution in [0.15, 0.2) is 30.3 Å². The van der Waals surface area contributed by atoms with E-state index in [0.29, 0.717) is 19.6 Å². The SMILES string of the molecule is CCOC1CC(C=O)N(C(=O)OCc2ccccc2)C1. The second-order valence-corrected chi connectivity index (χ2v) is 4.71. The van der Waals surface area contributed by atoms with Crippen LogP contribution in [-0.2, 0) is 20.9 Å². The molecule has 0 saturated carbocycles. The van der Waals surface area contributed by atoms with Crippen molar-refractivity contribution in [3.05, 3.63) is 35.9 Å². The summed E-state index contributed by atoms with van der Waals surface area (Å²) < 4.78 is 10.7. The number of aldehydes is 1. The van der Waals surface area contributed by atoms with Crippen LogP contribution >= 0.6 is 0 Å². The van der Waals surface area contributed by atoms with Crippen molar-refractivity contribution < 1.29 is 19.1 Å². The molecular weight excluding hydrogens is 258 g/mol. The molecule has 1 aliphatic heterocycles. The Morgan fingerprint density at radius 3 is 2.80 bits per heavy atom. The molecule has 2 rings (SSSR count). The van der Waals surface area contributed by atoms with Gasteiger partial charge < -0.3 is 14.3 Å². The van der Waals surface area contributed by atoms with Crippen LogP contribution in [0.25, 0.3) is 0 Å². The van der Waals surface area contributed by atoms with E-state index in [1.54, 1.807) is 0 Å². The Bertz CT molecular complexity index is 448. The van der Waals surface area contributed by atoms with Gasteiger partial charge >= 0.3 is 6.09 Å². The first-order valence-electron chi connectivity index (χ1n) is 6.78. The Morgan fingerprint density at radius 2 is 2.15 bits per heavy atom. The van der Waals surface area contributed by atoms with Crippen LogP contribution in [0.3, 0.4) is 0 Å². The van der Waals surface area contributed by atoms with E-state index in [9.17, 15) is 9.59 Å². The normalized spacial score (nSPS) is 21.8. The molecule has 0 aromatic heterocycles. The quantitative estimate of drug-likeness (QED) is 0.772. The maximum absolute atomic E-state index is 12.0. The summed E-state index contributed by atoms with van der Waals surface area (Å²) in [6, 6.07) is 9.00. The fraction of sp³-hybridized carbons (Fsp3) is 0.467. The molecule has 1 amide bonds. The lowest BCUT2D eigenvalue weighted by Crippen LogP contribution is -2.37. The van der Waals surface area contributed by atoms with Gasteiger partial charge in [-0.05, 0) is 12.5 Å². The minimum Gasteiger partial charge on any atom is -0.445 e. The number of rotatable bonds is 5. The molecule has 0 spiro atoms. The molecule has 1 heterocycles. The Kier molecular flexibility index (Phi) is 5.12. The summed E-state index contributed by atoms with van der Waals surface area (Å²) in [5, 5.41) is 0. The molecule has 1 fully saturated rings. The van der Waals surface area contributed by atoms with E-state index in [0.717, 1.165) is 11.8 Å². The molecule has 5 heteroatoms. The van der Waals surface area contributed by atoms with Crippen molar-refractivity contribution in [1.82, 2.24) is 4.90 Å². The third-order valence-electron chi connectivity index (χ3n) is 3.30. The van der Waals surface area contributed by atoms with Gasteiger partial charge in [0.2, 0.25) is 0 Å². The average Bonchev–Trinajstić information content (AvgIpc) is 2.89. The third kappa shape index (κ3) is 3.57. The summed E-state index contributed by atoms with van der Waals surface area (Å²) in [6.07, 6.45) is 0.772. The van der Waals surface area contributed by atoms with Crippen LogP contribution in [0.2, 0.25) is 0 Å². The van der Waals surface area contributed by atoms with Gasteiger partial charge in [-0.25, -0.2) is 4.79 Å². The van der Waals surface area contributed by atoms with Gasteiger partial charge in [0.05, 0.1) is 18.7 Å². The smallest absolute Gasteiger partial charge is 0.410 e. The Balaban J connectivity index is 1.89. The van der Waals surface area contributed by atoms with Gasteiger partial charge in [-0.3, -0.25) is 4.90 Å². The molecule has 108 valence electrons. The summed E-state index contributed by atoms with van der Waals surface area (Å²) in [4.78, 5) is 24.5. The molecule has 5 nitrogen and oxygen atoms in total. The van der Waals surface area contributed by atoms with Crippen molar-refractivity contribution in [2.24, 2.45) is 0 Å². The van der Waals surface area contributed by atoms with E-state index in [4.69, 9.17) is 9.47 Å². The lowest BCUT2D eigenvalue weighted by Gasteiger charge is -2.19. The minimum atomic E-state index is -0.465. The largest absolute Gasteiger partial charge is 0.445 e. The summed E-state index contributed by atoms with van der Waals surface area (Å²) in [5.74, 6) is 0. The van der Waals surface area contributed by atoms with E-state index in [1.165, 1.54) is 4.90 Å². The lowest BCUT2D eigenvalue weighted by atomic mass is 10.2. The molecule has 2 unspecified atom stereocenters. The predicted octanol–water partition coefficient (Wildman–Crippen LogP) is 2.00. The van der Waals surface area contributed by atoms with Gasteiger partial charge in [-0.1, -0.05) is 30.3 Å². The fourth-order valence-corrected chi connectivity index (χ4v) is 2.32. The number of amides is 1. The monoisotopic (exact) mass is 277 g/mol. The second-order valence-electron chi connectivity index (χ2n) is 4.71. The molecule has 1 aromatic carbocycles. The number of nitrogens with zero attached hydrogens (tertiary/aromatic N) is 1. The molecule has 20 heavy (non-hydrogen) atoms. The zero-order chi connectivity index (χ0) is 14.4. The number of hydrogen-bond donors (Lipinski definition) is 0. The lowest BCUT2D eigenvalue weighted by molar-refractivity contribution is -0.111.